The van der Waals surface area contributed by atoms with E-state index in [0.29, 0.717) is 12.1 Å². The van der Waals surface area contributed by atoms with Gasteiger partial charge in [0.05, 0.1) is 0 Å². The van der Waals surface area contributed by atoms with Crippen LogP contribution in [0.15, 0.2) is 48.5 Å². The molecule has 20 heavy (non-hydrogen) atoms. The smallest absolute Gasteiger partial charge is 0.0406 e. The lowest BCUT2D eigenvalue weighted by atomic mass is 10.0. The molecule has 2 aromatic rings. The molecule has 2 aromatic carbocycles. The second kappa shape index (κ2) is 6.92. The summed E-state index contributed by atoms with van der Waals surface area (Å²) < 4.78 is 0. The topological polar surface area (TPSA) is 12.0 Å². The van der Waals surface area contributed by atoms with Crippen molar-refractivity contribution < 1.29 is 0 Å². The standard InChI is InChI=1S/C18H22ClN/c1-13-4-8-17(9-5-13)15(3)20-14(2)12-16-6-10-18(19)11-7-16/h4-11,14-15,20H,12H2,1-3H3/t14?,15-/m1/s1. The summed E-state index contributed by atoms with van der Waals surface area (Å²) in [6.45, 7) is 6.55. The van der Waals surface area contributed by atoms with Crippen molar-refractivity contribution in [3.63, 3.8) is 0 Å². The van der Waals surface area contributed by atoms with E-state index in [1.807, 2.05) is 12.1 Å². The Balaban J connectivity index is 1.92. The van der Waals surface area contributed by atoms with Crippen LogP contribution in [0.25, 0.3) is 0 Å². The molecule has 0 saturated heterocycles. The lowest BCUT2D eigenvalue weighted by Crippen LogP contribution is -2.30. The summed E-state index contributed by atoms with van der Waals surface area (Å²) in [4.78, 5) is 0. The summed E-state index contributed by atoms with van der Waals surface area (Å²) in [5.41, 5.74) is 3.94. The normalized spacial score (nSPS) is 14.0. The second-order valence-corrected chi connectivity index (χ2v) is 5.97. The van der Waals surface area contributed by atoms with Gasteiger partial charge in [-0.15, -0.1) is 0 Å². The molecule has 1 N–H and O–H groups in total. The quantitative estimate of drug-likeness (QED) is 0.822. The van der Waals surface area contributed by atoms with E-state index in [9.17, 15) is 0 Å². The van der Waals surface area contributed by atoms with Gasteiger partial charge >= 0.3 is 0 Å². The van der Waals surface area contributed by atoms with Crippen molar-refractivity contribution >= 4 is 11.6 Å². The highest BCUT2D eigenvalue weighted by molar-refractivity contribution is 6.30. The van der Waals surface area contributed by atoms with Crippen molar-refractivity contribution in [1.29, 1.82) is 0 Å². The van der Waals surface area contributed by atoms with Crippen molar-refractivity contribution in [2.45, 2.75) is 39.3 Å². The van der Waals surface area contributed by atoms with Crippen molar-refractivity contribution in [2.24, 2.45) is 0 Å². The van der Waals surface area contributed by atoms with Crippen LogP contribution in [0.3, 0.4) is 0 Å². The fourth-order valence-electron chi connectivity index (χ4n) is 2.41. The number of halogens is 1. The third-order valence-electron chi connectivity index (χ3n) is 3.57. The Kier molecular flexibility index (Phi) is 5.22. The summed E-state index contributed by atoms with van der Waals surface area (Å²) in [7, 11) is 0. The highest BCUT2D eigenvalue weighted by Crippen LogP contribution is 2.16. The van der Waals surface area contributed by atoms with Gasteiger partial charge in [0.15, 0.2) is 0 Å². The maximum atomic E-state index is 5.91. The molecule has 2 rings (SSSR count). The zero-order valence-corrected chi connectivity index (χ0v) is 13.1. The van der Waals surface area contributed by atoms with E-state index < -0.39 is 0 Å². The van der Waals surface area contributed by atoms with Crippen LogP contribution < -0.4 is 5.32 Å². The number of hydrogen-bond acceptors (Lipinski definition) is 1. The van der Waals surface area contributed by atoms with E-state index in [2.05, 4.69) is 62.5 Å². The average Bonchev–Trinajstić information content (AvgIpc) is 2.42. The first-order valence-electron chi connectivity index (χ1n) is 7.11. The predicted octanol–water partition coefficient (Wildman–Crippen LogP) is 4.93. The molecule has 106 valence electrons. The minimum absolute atomic E-state index is 0.359. The third kappa shape index (κ3) is 4.36. The van der Waals surface area contributed by atoms with Crippen LogP contribution in [0.5, 0.6) is 0 Å². The van der Waals surface area contributed by atoms with E-state index >= 15 is 0 Å². The molecule has 1 nitrogen and oxygen atoms in total. The highest BCUT2D eigenvalue weighted by Gasteiger charge is 2.09. The van der Waals surface area contributed by atoms with Crippen LogP contribution in [0.1, 0.15) is 36.6 Å². The van der Waals surface area contributed by atoms with Crippen LogP contribution in [0.2, 0.25) is 5.02 Å². The Morgan fingerprint density at radius 1 is 0.950 bits per heavy atom. The Morgan fingerprint density at radius 2 is 1.55 bits per heavy atom. The molecule has 0 aliphatic rings. The van der Waals surface area contributed by atoms with E-state index in [4.69, 9.17) is 11.6 Å². The number of hydrogen-bond donors (Lipinski definition) is 1. The Labute approximate surface area is 127 Å². The van der Waals surface area contributed by atoms with Crippen LogP contribution in [0, 0.1) is 6.92 Å². The predicted molar refractivity (Wildman–Crippen MR) is 87.3 cm³/mol. The van der Waals surface area contributed by atoms with E-state index in [-0.39, 0.29) is 0 Å². The van der Waals surface area contributed by atoms with Crippen molar-refractivity contribution in [3.05, 3.63) is 70.2 Å². The van der Waals surface area contributed by atoms with Gasteiger partial charge in [0, 0.05) is 17.1 Å². The fourth-order valence-corrected chi connectivity index (χ4v) is 2.54. The summed E-state index contributed by atoms with van der Waals surface area (Å²) in [5.74, 6) is 0. The molecule has 2 heteroatoms. The van der Waals surface area contributed by atoms with Crippen molar-refractivity contribution in [2.75, 3.05) is 0 Å². The number of benzene rings is 2. The molecular weight excluding hydrogens is 266 g/mol. The van der Waals surface area contributed by atoms with Gasteiger partial charge in [0.25, 0.3) is 0 Å². The minimum atomic E-state index is 0.359. The van der Waals surface area contributed by atoms with Gasteiger partial charge in [-0.05, 0) is 50.5 Å². The summed E-state index contributed by atoms with van der Waals surface area (Å²) in [5, 5.41) is 4.44. The Morgan fingerprint density at radius 3 is 2.15 bits per heavy atom. The van der Waals surface area contributed by atoms with Gasteiger partial charge in [0.2, 0.25) is 0 Å². The number of nitrogens with one attached hydrogen (secondary N) is 1. The molecule has 0 spiro atoms. The molecule has 0 aliphatic heterocycles. The molecule has 0 bridgehead atoms. The lowest BCUT2D eigenvalue weighted by molar-refractivity contribution is 0.477. The first kappa shape index (κ1) is 15.1. The minimum Gasteiger partial charge on any atom is -0.307 e. The fraction of sp³-hybridized carbons (Fsp3) is 0.333. The zero-order valence-electron chi connectivity index (χ0n) is 12.4. The van der Waals surface area contributed by atoms with Gasteiger partial charge in [0.1, 0.15) is 0 Å². The molecule has 0 amide bonds. The largest absolute Gasteiger partial charge is 0.307 e. The van der Waals surface area contributed by atoms with Crippen molar-refractivity contribution in [3.8, 4) is 0 Å². The van der Waals surface area contributed by atoms with Crippen molar-refractivity contribution in [1.82, 2.24) is 5.32 Å². The van der Waals surface area contributed by atoms with Gasteiger partial charge < -0.3 is 5.32 Å². The average molecular weight is 288 g/mol. The van der Waals surface area contributed by atoms with E-state index in [1.54, 1.807) is 0 Å². The molecule has 0 heterocycles. The maximum Gasteiger partial charge on any atom is 0.0406 e. The van der Waals surface area contributed by atoms with Crippen LogP contribution >= 0.6 is 11.6 Å². The summed E-state index contributed by atoms with van der Waals surface area (Å²) in [6.07, 6.45) is 1.01. The molecule has 0 aromatic heterocycles. The molecule has 0 aliphatic carbocycles. The van der Waals surface area contributed by atoms with Gasteiger partial charge in [-0.1, -0.05) is 53.6 Å². The molecule has 0 saturated carbocycles. The van der Waals surface area contributed by atoms with Crippen LogP contribution in [0.4, 0.5) is 0 Å². The van der Waals surface area contributed by atoms with Crippen LogP contribution in [-0.2, 0) is 6.42 Å². The second-order valence-electron chi connectivity index (χ2n) is 5.53. The lowest BCUT2D eigenvalue weighted by Gasteiger charge is -2.20. The maximum absolute atomic E-state index is 5.91. The van der Waals surface area contributed by atoms with Crippen LogP contribution in [-0.4, -0.2) is 6.04 Å². The Hall–Kier alpha value is -1.31. The molecule has 1 unspecified atom stereocenters. The number of rotatable bonds is 5. The summed E-state index contributed by atoms with van der Waals surface area (Å²) >= 11 is 5.91. The third-order valence-corrected chi connectivity index (χ3v) is 3.82. The molecule has 2 atom stereocenters. The van der Waals surface area contributed by atoms with Gasteiger partial charge in [-0.2, -0.15) is 0 Å². The van der Waals surface area contributed by atoms with Gasteiger partial charge in [-0.3, -0.25) is 0 Å². The molecule has 0 fully saturated rings. The molecule has 0 radical (unpaired) electrons. The first-order chi connectivity index (χ1) is 9.54. The zero-order chi connectivity index (χ0) is 14.5. The van der Waals surface area contributed by atoms with E-state index in [1.165, 1.54) is 16.7 Å². The first-order valence-corrected chi connectivity index (χ1v) is 7.49. The Bertz CT molecular complexity index is 530. The SMILES string of the molecule is Cc1ccc([C@@H](C)NC(C)Cc2ccc(Cl)cc2)cc1. The van der Waals surface area contributed by atoms with Gasteiger partial charge in [-0.25, -0.2) is 0 Å². The molecular formula is C18H22ClN. The monoisotopic (exact) mass is 287 g/mol. The highest BCUT2D eigenvalue weighted by atomic mass is 35.5. The summed E-state index contributed by atoms with van der Waals surface area (Å²) in [6, 6.07) is 17.6. The number of aryl methyl sites for hydroxylation is 1. The van der Waals surface area contributed by atoms with E-state index in [0.717, 1.165) is 11.4 Å².